The van der Waals surface area contributed by atoms with Crippen molar-refractivity contribution in [3.63, 3.8) is 0 Å². The minimum atomic E-state index is -1.29. The number of alkyl carbamates (subject to hydrolysis) is 1. The molecule has 3 N–H and O–H groups in total. The third-order valence-corrected chi connectivity index (χ3v) is 2.32. The van der Waals surface area contributed by atoms with Gasteiger partial charge in [-0.25, -0.2) is 4.79 Å². The predicted molar refractivity (Wildman–Crippen MR) is 72.8 cm³/mol. The zero-order valence-electron chi connectivity index (χ0n) is 12.4. The monoisotopic (exact) mass is 274 g/mol. The zero-order chi connectivity index (χ0) is 15.1. The molecule has 2 atom stereocenters. The van der Waals surface area contributed by atoms with Crippen LogP contribution in [-0.4, -0.2) is 41.4 Å². The molecule has 112 valence electrons. The summed E-state index contributed by atoms with van der Waals surface area (Å²) in [5, 5.41) is 14.8. The van der Waals surface area contributed by atoms with Gasteiger partial charge in [-0.3, -0.25) is 4.79 Å². The molecule has 0 aliphatic heterocycles. The molecule has 6 heteroatoms. The van der Waals surface area contributed by atoms with E-state index in [1.54, 1.807) is 27.7 Å². The summed E-state index contributed by atoms with van der Waals surface area (Å²) in [5.41, 5.74) is -0.613. The second kappa shape index (κ2) is 7.99. The van der Waals surface area contributed by atoms with Crippen molar-refractivity contribution < 1.29 is 19.4 Å². The van der Waals surface area contributed by atoms with E-state index >= 15 is 0 Å². The highest BCUT2D eigenvalue weighted by Gasteiger charge is 2.25. The number of hydrogen-bond acceptors (Lipinski definition) is 4. The van der Waals surface area contributed by atoms with Crippen LogP contribution >= 0.6 is 0 Å². The average molecular weight is 274 g/mol. The fourth-order valence-electron chi connectivity index (χ4n) is 1.29. The van der Waals surface area contributed by atoms with Crippen LogP contribution < -0.4 is 10.6 Å². The van der Waals surface area contributed by atoms with Crippen LogP contribution in [0, 0.1) is 0 Å². The molecule has 0 aromatic rings. The molecular formula is C13H26N2O4. The molecule has 0 aromatic carbocycles. The smallest absolute Gasteiger partial charge is 0.407 e. The average Bonchev–Trinajstić information content (AvgIpc) is 2.25. The molecule has 0 spiro atoms. The van der Waals surface area contributed by atoms with Gasteiger partial charge in [-0.15, -0.1) is 0 Å². The van der Waals surface area contributed by atoms with Crippen LogP contribution in [0.1, 0.15) is 47.5 Å². The van der Waals surface area contributed by atoms with Crippen LogP contribution in [0.5, 0.6) is 0 Å². The summed E-state index contributed by atoms with van der Waals surface area (Å²) < 4.78 is 5.04. The third-order valence-electron chi connectivity index (χ3n) is 2.32. The third kappa shape index (κ3) is 8.42. The number of amides is 2. The van der Waals surface area contributed by atoms with Gasteiger partial charge in [0, 0.05) is 6.54 Å². The molecule has 0 rings (SSSR count). The lowest BCUT2D eigenvalue weighted by atomic mass is 10.1. The Morgan fingerprint density at radius 2 is 1.89 bits per heavy atom. The number of aliphatic hydroxyl groups is 1. The number of unbranched alkanes of at least 4 members (excludes halogenated alkanes) is 1. The molecule has 6 nitrogen and oxygen atoms in total. The van der Waals surface area contributed by atoms with Gasteiger partial charge in [-0.1, -0.05) is 13.3 Å². The van der Waals surface area contributed by atoms with Crippen molar-refractivity contribution >= 4 is 12.0 Å². The standard InChI is InChI=1S/C13H26N2O4/c1-6-7-8-14-11(17)10(16)9(2)15-12(18)19-13(3,4)5/h9-10,16H,6-8H2,1-5H3,(H,14,17)(H,15,18)/t9-,10?/m0/s1. The van der Waals surface area contributed by atoms with Crippen molar-refractivity contribution in [1.82, 2.24) is 10.6 Å². The van der Waals surface area contributed by atoms with E-state index in [2.05, 4.69) is 10.6 Å². The fourth-order valence-corrected chi connectivity index (χ4v) is 1.29. The fraction of sp³-hybridized carbons (Fsp3) is 0.846. The molecule has 0 fully saturated rings. The second-order valence-corrected chi connectivity index (χ2v) is 5.52. The van der Waals surface area contributed by atoms with Gasteiger partial charge in [0.1, 0.15) is 5.60 Å². The van der Waals surface area contributed by atoms with Gasteiger partial charge in [-0.2, -0.15) is 0 Å². The summed E-state index contributed by atoms with van der Waals surface area (Å²) in [5.74, 6) is -0.489. The Hall–Kier alpha value is -1.30. The molecule has 0 heterocycles. The molecule has 0 aliphatic carbocycles. The molecule has 0 aliphatic rings. The Kier molecular flexibility index (Phi) is 7.44. The first kappa shape index (κ1) is 17.7. The topological polar surface area (TPSA) is 87.7 Å². The quantitative estimate of drug-likeness (QED) is 0.635. The van der Waals surface area contributed by atoms with E-state index in [9.17, 15) is 14.7 Å². The summed E-state index contributed by atoms with van der Waals surface area (Å²) in [6, 6.07) is -0.712. The van der Waals surface area contributed by atoms with Gasteiger partial charge in [0.15, 0.2) is 6.10 Å². The van der Waals surface area contributed by atoms with Crippen LogP contribution in [0.3, 0.4) is 0 Å². The molecule has 19 heavy (non-hydrogen) atoms. The van der Waals surface area contributed by atoms with Crippen molar-refractivity contribution in [2.45, 2.75) is 65.2 Å². The van der Waals surface area contributed by atoms with Gasteiger partial charge in [0.2, 0.25) is 0 Å². The molecule has 0 saturated carbocycles. The first-order valence-corrected chi connectivity index (χ1v) is 6.62. The van der Waals surface area contributed by atoms with Crippen molar-refractivity contribution in [3.8, 4) is 0 Å². The van der Waals surface area contributed by atoms with Crippen molar-refractivity contribution in [1.29, 1.82) is 0 Å². The van der Waals surface area contributed by atoms with Crippen LogP contribution in [0.25, 0.3) is 0 Å². The van der Waals surface area contributed by atoms with Crippen LogP contribution in [0.4, 0.5) is 4.79 Å². The number of carbonyl (C=O) groups is 2. The molecule has 0 bridgehead atoms. The van der Waals surface area contributed by atoms with Gasteiger partial charge < -0.3 is 20.5 Å². The first-order chi connectivity index (χ1) is 8.67. The Bertz CT molecular complexity index is 300. The van der Waals surface area contributed by atoms with Crippen LogP contribution in [-0.2, 0) is 9.53 Å². The summed E-state index contributed by atoms with van der Waals surface area (Å²) in [6.45, 7) is 9.30. The predicted octanol–water partition coefficient (Wildman–Crippen LogP) is 1.18. The Morgan fingerprint density at radius 1 is 1.32 bits per heavy atom. The maximum atomic E-state index is 11.6. The van der Waals surface area contributed by atoms with Crippen LogP contribution in [0.2, 0.25) is 0 Å². The Morgan fingerprint density at radius 3 is 2.37 bits per heavy atom. The maximum absolute atomic E-state index is 11.6. The van der Waals surface area contributed by atoms with E-state index in [0.29, 0.717) is 6.54 Å². The summed E-state index contributed by atoms with van der Waals surface area (Å²) >= 11 is 0. The molecule has 2 amide bonds. The first-order valence-electron chi connectivity index (χ1n) is 6.62. The summed E-state index contributed by atoms with van der Waals surface area (Å²) in [6.07, 6.45) is -0.126. The van der Waals surface area contributed by atoms with Crippen molar-refractivity contribution in [2.75, 3.05) is 6.54 Å². The number of carbonyl (C=O) groups excluding carboxylic acids is 2. The largest absolute Gasteiger partial charge is 0.444 e. The minimum Gasteiger partial charge on any atom is -0.444 e. The van der Waals surface area contributed by atoms with Gasteiger partial charge >= 0.3 is 6.09 Å². The molecular weight excluding hydrogens is 248 g/mol. The number of nitrogens with one attached hydrogen (secondary N) is 2. The van der Waals surface area contributed by atoms with E-state index in [-0.39, 0.29) is 0 Å². The molecule has 1 unspecified atom stereocenters. The number of rotatable bonds is 6. The summed E-state index contributed by atoms with van der Waals surface area (Å²) in [4.78, 5) is 23.1. The number of hydrogen-bond donors (Lipinski definition) is 3. The van der Waals surface area contributed by atoms with E-state index in [0.717, 1.165) is 12.8 Å². The lowest BCUT2D eigenvalue weighted by Crippen LogP contribution is -2.50. The van der Waals surface area contributed by atoms with Gasteiger partial charge in [0.25, 0.3) is 5.91 Å². The lowest BCUT2D eigenvalue weighted by molar-refractivity contribution is -0.130. The zero-order valence-corrected chi connectivity index (χ0v) is 12.4. The van der Waals surface area contributed by atoms with E-state index in [1.807, 2.05) is 6.92 Å². The summed E-state index contributed by atoms with van der Waals surface area (Å²) in [7, 11) is 0. The maximum Gasteiger partial charge on any atom is 0.407 e. The van der Waals surface area contributed by atoms with E-state index in [4.69, 9.17) is 4.74 Å². The highest BCUT2D eigenvalue weighted by Crippen LogP contribution is 2.07. The molecule has 0 radical (unpaired) electrons. The minimum absolute atomic E-state index is 0.489. The van der Waals surface area contributed by atoms with E-state index in [1.165, 1.54) is 0 Å². The number of aliphatic hydroxyl groups excluding tert-OH is 1. The van der Waals surface area contributed by atoms with Crippen molar-refractivity contribution in [3.05, 3.63) is 0 Å². The number of ether oxygens (including phenoxy) is 1. The molecule has 0 saturated heterocycles. The van der Waals surface area contributed by atoms with E-state index < -0.39 is 29.7 Å². The normalized spacial score (nSPS) is 14.4. The van der Waals surface area contributed by atoms with Crippen LogP contribution in [0.15, 0.2) is 0 Å². The van der Waals surface area contributed by atoms with Crippen molar-refractivity contribution in [2.24, 2.45) is 0 Å². The highest BCUT2D eigenvalue weighted by molar-refractivity contribution is 5.82. The lowest BCUT2D eigenvalue weighted by Gasteiger charge is -2.23. The van der Waals surface area contributed by atoms with Gasteiger partial charge in [0.05, 0.1) is 6.04 Å². The second-order valence-electron chi connectivity index (χ2n) is 5.52. The molecule has 0 aromatic heterocycles. The Balaban J connectivity index is 4.15. The SMILES string of the molecule is CCCCNC(=O)C(O)[C@H](C)NC(=O)OC(C)(C)C. The Labute approximate surface area is 114 Å². The highest BCUT2D eigenvalue weighted by atomic mass is 16.6. The van der Waals surface area contributed by atoms with Gasteiger partial charge in [-0.05, 0) is 34.1 Å².